The van der Waals surface area contributed by atoms with Gasteiger partial charge in [0.1, 0.15) is 11.3 Å². The highest BCUT2D eigenvalue weighted by Gasteiger charge is 2.19. The lowest BCUT2D eigenvalue weighted by molar-refractivity contribution is 0.209. The van der Waals surface area contributed by atoms with Crippen LogP contribution in [0.25, 0.3) is 33.5 Å². The number of fused-ring (bicyclic) bond motifs is 1. The van der Waals surface area contributed by atoms with E-state index in [-0.39, 0.29) is 0 Å². The molecule has 1 saturated heterocycles. The summed E-state index contributed by atoms with van der Waals surface area (Å²) in [4.78, 5) is 12.9. The van der Waals surface area contributed by atoms with Gasteiger partial charge in [-0.15, -0.1) is 0 Å². The molecular weight excluding hydrogens is 406 g/mol. The maximum Gasteiger partial charge on any atom is 0.142 e. The summed E-state index contributed by atoms with van der Waals surface area (Å²) in [5.41, 5.74) is 6.49. The number of hydrogen-bond acceptors (Lipinski definition) is 3. The number of nitrogens with one attached hydrogen (secondary N) is 1. The Balaban J connectivity index is 1.43. The van der Waals surface area contributed by atoms with Gasteiger partial charge in [0.2, 0.25) is 0 Å². The quantitative estimate of drug-likeness (QED) is 0.467. The van der Waals surface area contributed by atoms with Crippen LogP contribution in [0, 0.1) is 0 Å². The summed E-state index contributed by atoms with van der Waals surface area (Å²) in [6.07, 6.45) is 3.86. The van der Waals surface area contributed by atoms with E-state index in [0.29, 0.717) is 11.1 Å². The van der Waals surface area contributed by atoms with E-state index in [0.717, 1.165) is 59.7 Å². The Kier molecular flexibility index (Phi) is 5.24. The lowest BCUT2D eigenvalue weighted by Gasteiger charge is -2.38. The molecule has 4 aromatic rings. The van der Waals surface area contributed by atoms with Crippen molar-refractivity contribution < 1.29 is 0 Å². The molecule has 6 heteroatoms. The zero-order valence-corrected chi connectivity index (χ0v) is 19.0. The zero-order valence-electron chi connectivity index (χ0n) is 18.3. The van der Waals surface area contributed by atoms with Crippen molar-refractivity contribution >= 4 is 28.3 Å². The first-order valence-corrected chi connectivity index (χ1v) is 11.3. The lowest BCUT2D eigenvalue weighted by Crippen LogP contribution is -2.48. The largest absolute Gasteiger partial charge is 0.369 e. The fourth-order valence-electron chi connectivity index (χ4n) is 4.49. The molecule has 3 heterocycles. The van der Waals surface area contributed by atoms with Crippen LogP contribution < -0.4 is 4.90 Å². The van der Waals surface area contributed by atoms with E-state index in [9.17, 15) is 0 Å². The van der Waals surface area contributed by atoms with Gasteiger partial charge in [0, 0.05) is 62.9 Å². The summed E-state index contributed by atoms with van der Waals surface area (Å²) in [7, 11) is 2.04. The van der Waals surface area contributed by atoms with Gasteiger partial charge >= 0.3 is 0 Å². The molecule has 0 unspecified atom stereocenters. The van der Waals surface area contributed by atoms with Crippen molar-refractivity contribution in [2.75, 3.05) is 31.1 Å². The summed E-state index contributed by atoms with van der Waals surface area (Å²) in [6.45, 7) is 8.94. The van der Waals surface area contributed by atoms with Gasteiger partial charge in [0.05, 0.1) is 10.5 Å². The fourth-order valence-corrected chi connectivity index (χ4v) is 4.75. The SMILES string of the molecule is CC(C)N1CCN(c2ccc(-c3cc(Cl)c4nc(-c5cc[nH]c5)n(C)c4c3)cc2)CC1. The highest BCUT2D eigenvalue weighted by molar-refractivity contribution is 6.35. The third-order valence-corrected chi connectivity index (χ3v) is 6.69. The van der Waals surface area contributed by atoms with Gasteiger partial charge in [-0.2, -0.15) is 0 Å². The summed E-state index contributed by atoms with van der Waals surface area (Å²) in [5.74, 6) is 0.909. The molecule has 31 heavy (non-hydrogen) atoms. The number of nitrogens with zero attached hydrogens (tertiary/aromatic N) is 4. The van der Waals surface area contributed by atoms with Gasteiger partial charge in [-0.25, -0.2) is 4.98 Å². The molecule has 1 N–H and O–H groups in total. The highest BCUT2D eigenvalue weighted by atomic mass is 35.5. The maximum absolute atomic E-state index is 6.65. The van der Waals surface area contributed by atoms with Crippen LogP contribution in [0.3, 0.4) is 0 Å². The minimum absolute atomic E-state index is 0.619. The number of piperazine rings is 1. The Hall–Kier alpha value is -2.76. The van der Waals surface area contributed by atoms with E-state index in [2.05, 4.69) is 63.5 Å². The predicted octanol–water partition coefficient (Wildman–Crippen LogP) is 5.42. The first-order chi connectivity index (χ1) is 15.0. The molecule has 160 valence electrons. The number of H-pyrrole nitrogens is 1. The standard InChI is InChI=1S/C25H28ClN5/c1-17(2)30-10-12-31(13-11-30)21-6-4-18(5-7-21)20-14-22(26)24-23(15-20)29(3)25(28-24)19-8-9-27-16-19/h4-9,14-17,27H,10-13H2,1-3H3. The van der Waals surface area contributed by atoms with Crippen molar-refractivity contribution in [2.24, 2.45) is 7.05 Å². The van der Waals surface area contributed by atoms with Crippen LogP contribution in [0.5, 0.6) is 0 Å². The van der Waals surface area contributed by atoms with Crippen molar-refractivity contribution in [2.45, 2.75) is 19.9 Å². The third kappa shape index (κ3) is 3.73. The molecule has 0 bridgehead atoms. The van der Waals surface area contributed by atoms with Crippen LogP contribution in [0.15, 0.2) is 54.9 Å². The molecule has 0 radical (unpaired) electrons. The van der Waals surface area contributed by atoms with Gasteiger partial charge in [-0.1, -0.05) is 23.7 Å². The van der Waals surface area contributed by atoms with Crippen LogP contribution in [-0.2, 0) is 7.05 Å². The van der Waals surface area contributed by atoms with Gasteiger partial charge in [-0.3, -0.25) is 4.90 Å². The summed E-state index contributed by atoms with van der Waals surface area (Å²) < 4.78 is 2.11. The number of anilines is 1. The Morgan fingerprint density at radius 2 is 1.68 bits per heavy atom. The van der Waals surface area contributed by atoms with Gasteiger partial charge in [0.15, 0.2) is 0 Å². The predicted molar refractivity (Wildman–Crippen MR) is 130 cm³/mol. The van der Waals surface area contributed by atoms with Gasteiger partial charge < -0.3 is 14.5 Å². The number of hydrogen-bond donors (Lipinski definition) is 1. The molecule has 0 aliphatic carbocycles. The fraction of sp³-hybridized carbons (Fsp3) is 0.320. The molecule has 0 spiro atoms. The van der Waals surface area contributed by atoms with Crippen molar-refractivity contribution in [3.8, 4) is 22.5 Å². The number of halogens is 1. The number of aryl methyl sites for hydroxylation is 1. The summed E-state index contributed by atoms with van der Waals surface area (Å²) in [5, 5.41) is 0.679. The van der Waals surface area contributed by atoms with Crippen molar-refractivity contribution in [1.82, 2.24) is 19.4 Å². The minimum Gasteiger partial charge on any atom is -0.369 e. The van der Waals surface area contributed by atoms with E-state index in [1.54, 1.807) is 0 Å². The molecule has 5 rings (SSSR count). The Bertz CT molecular complexity index is 1180. The zero-order chi connectivity index (χ0) is 21.5. The van der Waals surface area contributed by atoms with Crippen LogP contribution in [0.1, 0.15) is 13.8 Å². The van der Waals surface area contributed by atoms with E-state index in [1.165, 1.54) is 5.69 Å². The second kappa shape index (κ2) is 8.06. The second-order valence-corrected chi connectivity index (χ2v) is 8.99. The van der Waals surface area contributed by atoms with Crippen LogP contribution >= 0.6 is 11.6 Å². The van der Waals surface area contributed by atoms with Crippen molar-refractivity contribution in [3.63, 3.8) is 0 Å². The van der Waals surface area contributed by atoms with E-state index in [4.69, 9.17) is 16.6 Å². The normalized spacial score (nSPS) is 15.3. The number of benzene rings is 2. The molecule has 2 aromatic carbocycles. The average Bonchev–Trinajstić information content (AvgIpc) is 3.43. The monoisotopic (exact) mass is 433 g/mol. The highest BCUT2D eigenvalue weighted by Crippen LogP contribution is 2.34. The summed E-state index contributed by atoms with van der Waals surface area (Å²) in [6, 6.07) is 15.7. The molecule has 0 atom stereocenters. The summed E-state index contributed by atoms with van der Waals surface area (Å²) >= 11 is 6.65. The first-order valence-electron chi connectivity index (χ1n) is 10.9. The molecule has 1 fully saturated rings. The molecule has 0 saturated carbocycles. The number of aromatic nitrogens is 3. The maximum atomic E-state index is 6.65. The smallest absolute Gasteiger partial charge is 0.142 e. The Morgan fingerprint density at radius 1 is 0.935 bits per heavy atom. The number of rotatable bonds is 4. The topological polar surface area (TPSA) is 40.1 Å². The lowest BCUT2D eigenvalue weighted by atomic mass is 10.0. The van der Waals surface area contributed by atoms with E-state index in [1.807, 2.05) is 31.6 Å². The molecular formula is C25H28ClN5. The van der Waals surface area contributed by atoms with Crippen LogP contribution in [-0.4, -0.2) is 51.7 Å². The van der Waals surface area contributed by atoms with Gasteiger partial charge in [0.25, 0.3) is 0 Å². The van der Waals surface area contributed by atoms with Crippen molar-refractivity contribution in [1.29, 1.82) is 0 Å². The minimum atomic E-state index is 0.619. The number of aromatic amines is 1. The van der Waals surface area contributed by atoms with Crippen LogP contribution in [0.2, 0.25) is 5.02 Å². The third-order valence-electron chi connectivity index (χ3n) is 6.41. The molecule has 0 amide bonds. The molecule has 5 nitrogen and oxygen atoms in total. The van der Waals surface area contributed by atoms with Gasteiger partial charge in [-0.05, 0) is 55.3 Å². The molecule has 2 aromatic heterocycles. The first kappa shape index (κ1) is 20.2. The number of imidazole rings is 1. The second-order valence-electron chi connectivity index (χ2n) is 8.58. The van der Waals surface area contributed by atoms with E-state index < -0.39 is 0 Å². The van der Waals surface area contributed by atoms with E-state index >= 15 is 0 Å². The average molecular weight is 434 g/mol. The molecule has 1 aliphatic heterocycles. The Morgan fingerprint density at radius 3 is 2.32 bits per heavy atom. The van der Waals surface area contributed by atoms with Crippen molar-refractivity contribution in [3.05, 3.63) is 59.9 Å². The Labute approximate surface area is 188 Å². The molecule has 1 aliphatic rings. The van der Waals surface area contributed by atoms with Crippen LogP contribution in [0.4, 0.5) is 5.69 Å².